The average Bonchev–Trinajstić information content (AvgIpc) is 2.75. The van der Waals surface area contributed by atoms with E-state index in [2.05, 4.69) is 20.2 Å². The van der Waals surface area contributed by atoms with Gasteiger partial charge in [0.1, 0.15) is 0 Å². The van der Waals surface area contributed by atoms with Gasteiger partial charge >= 0.3 is 0 Å². The van der Waals surface area contributed by atoms with Gasteiger partial charge in [0.25, 0.3) is 5.91 Å². The van der Waals surface area contributed by atoms with Crippen molar-refractivity contribution in [2.45, 2.75) is 26.2 Å². The highest BCUT2D eigenvalue weighted by molar-refractivity contribution is 6.05. The summed E-state index contributed by atoms with van der Waals surface area (Å²) in [5.74, 6) is 0.662. The van der Waals surface area contributed by atoms with Crippen molar-refractivity contribution in [3.05, 3.63) is 72.1 Å². The molecule has 0 bridgehead atoms. The maximum absolute atomic E-state index is 12.6. The predicted molar refractivity (Wildman–Crippen MR) is 113 cm³/mol. The van der Waals surface area contributed by atoms with Crippen LogP contribution in [-0.4, -0.2) is 29.0 Å². The molecular weight excluding hydrogens is 348 g/mol. The molecule has 2 aromatic carbocycles. The number of carbonyl (C=O) groups excluding carboxylic acids is 1. The molecule has 28 heavy (non-hydrogen) atoms. The van der Waals surface area contributed by atoms with Gasteiger partial charge in [-0.05, 0) is 61.6 Å². The van der Waals surface area contributed by atoms with Crippen LogP contribution < -0.4 is 10.2 Å². The van der Waals surface area contributed by atoms with Crippen LogP contribution in [0, 0.1) is 6.92 Å². The lowest BCUT2D eigenvalue weighted by atomic mass is 10.1. The zero-order valence-electron chi connectivity index (χ0n) is 16.1. The van der Waals surface area contributed by atoms with E-state index in [-0.39, 0.29) is 5.91 Å². The van der Waals surface area contributed by atoms with E-state index in [0.29, 0.717) is 5.56 Å². The first-order valence-corrected chi connectivity index (χ1v) is 9.74. The number of aromatic nitrogens is 2. The van der Waals surface area contributed by atoms with Gasteiger partial charge in [-0.1, -0.05) is 24.3 Å². The van der Waals surface area contributed by atoms with E-state index < -0.39 is 0 Å². The van der Waals surface area contributed by atoms with Crippen molar-refractivity contribution < 1.29 is 4.79 Å². The van der Waals surface area contributed by atoms with Crippen molar-refractivity contribution in [3.63, 3.8) is 0 Å². The van der Waals surface area contributed by atoms with Crippen LogP contribution in [0.2, 0.25) is 0 Å². The predicted octanol–water partition coefficient (Wildman–Crippen LogP) is 4.69. The van der Waals surface area contributed by atoms with E-state index in [0.717, 1.165) is 41.4 Å². The van der Waals surface area contributed by atoms with Gasteiger partial charge in [-0.2, -0.15) is 0 Å². The number of carbonyl (C=O) groups is 1. The number of hydrogen-bond acceptors (Lipinski definition) is 4. The van der Waals surface area contributed by atoms with Crippen molar-refractivity contribution in [2.24, 2.45) is 0 Å². The molecule has 0 saturated carbocycles. The molecule has 3 aromatic rings. The number of hydrogen-bond donors (Lipinski definition) is 1. The van der Waals surface area contributed by atoms with Gasteiger partial charge in [0.2, 0.25) is 5.95 Å². The molecule has 1 fully saturated rings. The molecule has 1 N–H and O–H groups in total. The molecule has 0 spiro atoms. The van der Waals surface area contributed by atoms with Gasteiger partial charge < -0.3 is 10.2 Å². The highest BCUT2D eigenvalue weighted by Gasteiger charge is 2.14. The molecule has 1 saturated heterocycles. The summed E-state index contributed by atoms with van der Waals surface area (Å²) in [4.78, 5) is 23.9. The first-order valence-electron chi connectivity index (χ1n) is 9.74. The second kappa shape index (κ2) is 8.21. The fourth-order valence-electron chi connectivity index (χ4n) is 3.49. The molecule has 5 nitrogen and oxygen atoms in total. The van der Waals surface area contributed by atoms with Crippen LogP contribution in [-0.2, 0) is 0 Å². The number of anilines is 2. The van der Waals surface area contributed by atoms with Crippen LogP contribution in [0.25, 0.3) is 11.1 Å². The minimum Gasteiger partial charge on any atom is -0.341 e. The fraction of sp³-hybridized carbons (Fsp3) is 0.261. The molecule has 0 atom stereocenters. The van der Waals surface area contributed by atoms with Crippen molar-refractivity contribution in [2.75, 3.05) is 23.3 Å². The van der Waals surface area contributed by atoms with E-state index in [9.17, 15) is 4.79 Å². The lowest BCUT2D eigenvalue weighted by molar-refractivity contribution is 0.102. The summed E-state index contributed by atoms with van der Waals surface area (Å²) in [6, 6.07) is 15.3. The van der Waals surface area contributed by atoms with Crippen molar-refractivity contribution >= 4 is 17.5 Å². The molecular formula is C23H24N4O. The SMILES string of the molecule is Cc1cccc(NC(=O)c2cccc(-c3cnc(N4CCCCC4)nc3)c2)c1. The van der Waals surface area contributed by atoms with Gasteiger partial charge in [0.15, 0.2) is 0 Å². The van der Waals surface area contributed by atoms with Crippen LogP contribution >= 0.6 is 0 Å². The first-order chi connectivity index (χ1) is 13.7. The molecule has 0 radical (unpaired) electrons. The number of rotatable bonds is 4. The lowest BCUT2D eigenvalue weighted by Gasteiger charge is -2.26. The van der Waals surface area contributed by atoms with Gasteiger partial charge in [0, 0.05) is 42.3 Å². The summed E-state index contributed by atoms with van der Waals surface area (Å²) >= 11 is 0. The Morgan fingerprint density at radius 1 is 0.929 bits per heavy atom. The van der Waals surface area contributed by atoms with E-state index in [1.165, 1.54) is 19.3 Å². The topological polar surface area (TPSA) is 58.1 Å². The van der Waals surface area contributed by atoms with Crippen molar-refractivity contribution in [1.29, 1.82) is 0 Å². The van der Waals surface area contributed by atoms with Crippen molar-refractivity contribution in [1.82, 2.24) is 9.97 Å². The van der Waals surface area contributed by atoms with Crippen LogP contribution in [0.5, 0.6) is 0 Å². The second-order valence-electron chi connectivity index (χ2n) is 7.22. The Labute approximate surface area is 165 Å². The number of benzene rings is 2. The normalized spacial score (nSPS) is 14.0. The molecule has 1 aromatic heterocycles. The number of amides is 1. The quantitative estimate of drug-likeness (QED) is 0.721. The lowest BCUT2D eigenvalue weighted by Crippen LogP contribution is -2.30. The van der Waals surface area contributed by atoms with Crippen LogP contribution in [0.4, 0.5) is 11.6 Å². The van der Waals surface area contributed by atoms with Gasteiger partial charge in [0.05, 0.1) is 0 Å². The van der Waals surface area contributed by atoms with E-state index in [1.54, 1.807) is 0 Å². The molecule has 1 aliphatic rings. The number of nitrogens with zero attached hydrogens (tertiary/aromatic N) is 3. The maximum Gasteiger partial charge on any atom is 0.255 e. The van der Waals surface area contributed by atoms with Crippen LogP contribution in [0.1, 0.15) is 35.2 Å². The summed E-state index contributed by atoms with van der Waals surface area (Å²) < 4.78 is 0. The zero-order chi connectivity index (χ0) is 19.3. The van der Waals surface area contributed by atoms with Gasteiger partial charge in [-0.25, -0.2) is 9.97 Å². The Morgan fingerprint density at radius 3 is 2.43 bits per heavy atom. The van der Waals surface area contributed by atoms with Gasteiger partial charge in [-0.15, -0.1) is 0 Å². The standard InChI is InChI=1S/C23H24N4O/c1-17-7-5-10-21(13-17)26-22(28)19-9-6-8-18(14-19)20-15-24-23(25-16-20)27-11-3-2-4-12-27/h5-10,13-16H,2-4,11-12H2,1H3,(H,26,28). The summed E-state index contributed by atoms with van der Waals surface area (Å²) in [5.41, 5.74) is 4.36. The highest BCUT2D eigenvalue weighted by Crippen LogP contribution is 2.22. The smallest absolute Gasteiger partial charge is 0.255 e. The number of piperidine rings is 1. The third kappa shape index (κ3) is 4.19. The Morgan fingerprint density at radius 2 is 1.68 bits per heavy atom. The molecule has 0 aliphatic carbocycles. The van der Waals surface area contributed by atoms with E-state index in [1.807, 2.05) is 67.8 Å². The molecule has 142 valence electrons. The Bertz CT molecular complexity index is 962. The summed E-state index contributed by atoms with van der Waals surface area (Å²) in [6.07, 6.45) is 7.36. The molecule has 5 heteroatoms. The number of aryl methyl sites for hydroxylation is 1. The fourth-order valence-corrected chi connectivity index (χ4v) is 3.49. The molecule has 2 heterocycles. The minimum atomic E-state index is -0.127. The minimum absolute atomic E-state index is 0.127. The maximum atomic E-state index is 12.6. The average molecular weight is 372 g/mol. The molecule has 0 unspecified atom stereocenters. The van der Waals surface area contributed by atoms with Crippen molar-refractivity contribution in [3.8, 4) is 11.1 Å². The Balaban J connectivity index is 1.50. The monoisotopic (exact) mass is 372 g/mol. The van der Waals surface area contributed by atoms with E-state index in [4.69, 9.17) is 0 Å². The zero-order valence-corrected chi connectivity index (χ0v) is 16.1. The first kappa shape index (κ1) is 18.2. The van der Waals surface area contributed by atoms with Gasteiger partial charge in [-0.3, -0.25) is 4.79 Å². The Hall–Kier alpha value is -3.21. The molecule has 4 rings (SSSR count). The van der Waals surface area contributed by atoms with E-state index >= 15 is 0 Å². The summed E-state index contributed by atoms with van der Waals surface area (Å²) in [5, 5.41) is 2.95. The Kier molecular flexibility index (Phi) is 5.33. The molecule has 1 amide bonds. The summed E-state index contributed by atoms with van der Waals surface area (Å²) in [7, 11) is 0. The second-order valence-corrected chi connectivity index (χ2v) is 7.22. The molecule has 1 aliphatic heterocycles. The van der Waals surface area contributed by atoms with Crippen LogP contribution in [0.15, 0.2) is 60.9 Å². The number of nitrogens with one attached hydrogen (secondary N) is 1. The van der Waals surface area contributed by atoms with Crippen LogP contribution in [0.3, 0.4) is 0 Å². The largest absolute Gasteiger partial charge is 0.341 e. The highest BCUT2D eigenvalue weighted by atomic mass is 16.1. The summed E-state index contributed by atoms with van der Waals surface area (Å²) in [6.45, 7) is 4.05. The third-order valence-electron chi connectivity index (χ3n) is 5.01. The third-order valence-corrected chi connectivity index (χ3v) is 5.01.